The highest BCUT2D eigenvalue weighted by atomic mass is 15.1. The molecule has 1 heterocycles. The van der Waals surface area contributed by atoms with Crippen molar-refractivity contribution in [3.8, 4) is 0 Å². The third-order valence-corrected chi connectivity index (χ3v) is 4.27. The summed E-state index contributed by atoms with van der Waals surface area (Å²) in [6.07, 6.45) is 9.60. The molecule has 2 N–H and O–H groups in total. The van der Waals surface area contributed by atoms with Gasteiger partial charge in [0.25, 0.3) is 0 Å². The Morgan fingerprint density at radius 3 is 1.88 bits per heavy atom. The summed E-state index contributed by atoms with van der Waals surface area (Å²) in [5.41, 5.74) is 0.544. The fourth-order valence-electron chi connectivity index (χ4n) is 4.04. The van der Waals surface area contributed by atoms with Gasteiger partial charge in [-0.15, -0.1) is 0 Å². The lowest BCUT2D eigenvalue weighted by Gasteiger charge is -2.47. The van der Waals surface area contributed by atoms with E-state index in [1.807, 2.05) is 0 Å². The molecule has 2 fully saturated rings. The second kappa shape index (κ2) is 4.89. The third-order valence-electron chi connectivity index (χ3n) is 4.27. The van der Waals surface area contributed by atoms with Crippen molar-refractivity contribution < 1.29 is 0 Å². The van der Waals surface area contributed by atoms with Crippen LogP contribution in [-0.4, -0.2) is 23.2 Å². The molecule has 0 spiro atoms. The van der Waals surface area contributed by atoms with Gasteiger partial charge in [0.1, 0.15) is 0 Å². The van der Waals surface area contributed by atoms with Gasteiger partial charge in [-0.3, -0.25) is 0 Å². The van der Waals surface area contributed by atoms with Gasteiger partial charge in [0, 0.05) is 23.2 Å². The van der Waals surface area contributed by atoms with Gasteiger partial charge in [0.05, 0.1) is 0 Å². The van der Waals surface area contributed by atoms with E-state index < -0.39 is 0 Å². The summed E-state index contributed by atoms with van der Waals surface area (Å²) in [5, 5.41) is 7.69. The molecular formula is C15H30N2. The van der Waals surface area contributed by atoms with Crippen LogP contribution in [0.25, 0.3) is 0 Å². The van der Waals surface area contributed by atoms with E-state index in [0.29, 0.717) is 6.04 Å². The quantitative estimate of drug-likeness (QED) is 0.772. The molecule has 2 rings (SSSR count). The van der Waals surface area contributed by atoms with Crippen molar-refractivity contribution in [3.05, 3.63) is 0 Å². The summed E-state index contributed by atoms with van der Waals surface area (Å²) < 4.78 is 0. The van der Waals surface area contributed by atoms with Crippen LogP contribution in [0.4, 0.5) is 0 Å². The van der Waals surface area contributed by atoms with Crippen molar-refractivity contribution in [1.82, 2.24) is 10.6 Å². The lowest BCUT2D eigenvalue weighted by atomic mass is 9.79. The summed E-state index contributed by atoms with van der Waals surface area (Å²) >= 11 is 0. The Labute approximate surface area is 107 Å². The molecule has 1 aliphatic carbocycles. The molecule has 2 nitrogen and oxygen atoms in total. The zero-order chi connectivity index (χ0) is 12.5. The molecule has 1 aliphatic heterocycles. The Kier molecular flexibility index (Phi) is 3.84. The van der Waals surface area contributed by atoms with Crippen LogP contribution in [0.15, 0.2) is 0 Å². The maximum absolute atomic E-state index is 3.93. The Balaban J connectivity index is 1.91. The molecule has 0 aromatic heterocycles. The van der Waals surface area contributed by atoms with Crippen LogP contribution >= 0.6 is 0 Å². The topological polar surface area (TPSA) is 24.1 Å². The molecule has 100 valence electrons. The van der Waals surface area contributed by atoms with E-state index in [9.17, 15) is 0 Å². The molecule has 0 bridgehead atoms. The van der Waals surface area contributed by atoms with Gasteiger partial charge in [0.15, 0.2) is 0 Å². The molecule has 0 radical (unpaired) electrons. The molecule has 0 amide bonds. The van der Waals surface area contributed by atoms with Gasteiger partial charge in [-0.05, 0) is 53.4 Å². The molecule has 0 aromatic rings. The molecule has 0 aromatic carbocycles. The van der Waals surface area contributed by atoms with Crippen LogP contribution in [0.1, 0.15) is 72.6 Å². The largest absolute Gasteiger partial charge is 0.311 e. The summed E-state index contributed by atoms with van der Waals surface area (Å²) in [7, 11) is 0. The maximum atomic E-state index is 3.93. The zero-order valence-electron chi connectivity index (χ0n) is 12.1. The summed E-state index contributed by atoms with van der Waals surface area (Å²) in [6.45, 7) is 9.35. The molecule has 0 unspecified atom stereocenters. The average molecular weight is 238 g/mol. The van der Waals surface area contributed by atoms with Crippen molar-refractivity contribution in [2.45, 2.75) is 95.8 Å². The van der Waals surface area contributed by atoms with E-state index in [1.54, 1.807) is 0 Å². The minimum atomic E-state index is 0.272. The van der Waals surface area contributed by atoms with Crippen LogP contribution in [0.5, 0.6) is 0 Å². The van der Waals surface area contributed by atoms with E-state index in [-0.39, 0.29) is 11.1 Å². The van der Waals surface area contributed by atoms with E-state index in [2.05, 4.69) is 38.3 Å². The van der Waals surface area contributed by atoms with Gasteiger partial charge < -0.3 is 10.6 Å². The predicted molar refractivity (Wildman–Crippen MR) is 74.3 cm³/mol. The van der Waals surface area contributed by atoms with Crippen LogP contribution < -0.4 is 10.6 Å². The molecule has 2 heteroatoms. The third kappa shape index (κ3) is 3.96. The average Bonchev–Trinajstić information content (AvgIpc) is 2.13. The van der Waals surface area contributed by atoms with Crippen LogP contribution in [0.3, 0.4) is 0 Å². The number of hydrogen-bond donors (Lipinski definition) is 2. The second-order valence-electron chi connectivity index (χ2n) is 7.50. The van der Waals surface area contributed by atoms with Crippen molar-refractivity contribution in [1.29, 1.82) is 0 Å². The predicted octanol–water partition coefficient (Wildman–Crippen LogP) is 3.22. The Morgan fingerprint density at radius 1 is 0.824 bits per heavy atom. The highest BCUT2D eigenvalue weighted by molar-refractivity contribution is 5.00. The highest BCUT2D eigenvalue weighted by Crippen LogP contribution is 2.29. The van der Waals surface area contributed by atoms with E-state index in [1.165, 1.54) is 44.9 Å². The monoisotopic (exact) mass is 238 g/mol. The van der Waals surface area contributed by atoms with Gasteiger partial charge in [-0.1, -0.05) is 19.3 Å². The highest BCUT2D eigenvalue weighted by Gasteiger charge is 2.38. The van der Waals surface area contributed by atoms with Crippen molar-refractivity contribution >= 4 is 0 Å². The van der Waals surface area contributed by atoms with Gasteiger partial charge in [-0.25, -0.2) is 0 Å². The molecule has 17 heavy (non-hydrogen) atoms. The van der Waals surface area contributed by atoms with E-state index >= 15 is 0 Å². The van der Waals surface area contributed by atoms with Crippen molar-refractivity contribution in [2.75, 3.05) is 0 Å². The van der Waals surface area contributed by atoms with E-state index in [0.717, 1.165) is 6.04 Å². The van der Waals surface area contributed by atoms with E-state index in [4.69, 9.17) is 0 Å². The first-order chi connectivity index (χ1) is 7.86. The minimum Gasteiger partial charge on any atom is -0.311 e. The maximum Gasteiger partial charge on any atom is 0.0144 e. The number of hydrogen-bond acceptors (Lipinski definition) is 2. The molecule has 2 aliphatic rings. The van der Waals surface area contributed by atoms with Gasteiger partial charge in [0.2, 0.25) is 0 Å². The van der Waals surface area contributed by atoms with Gasteiger partial charge in [-0.2, -0.15) is 0 Å². The van der Waals surface area contributed by atoms with Crippen molar-refractivity contribution in [3.63, 3.8) is 0 Å². The first kappa shape index (κ1) is 13.4. The zero-order valence-corrected chi connectivity index (χ0v) is 12.1. The first-order valence-electron chi connectivity index (χ1n) is 7.42. The fraction of sp³-hybridized carbons (Fsp3) is 1.00. The Hall–Kier alpha value is -0.0800. The van der Waals surface area contributed by atoms with Gasteiger partial charge >= 0.3 is 0 Å². The Bertz CT molecular complexity index is 236. The Morgan fingerprint density at radius 2 is 1.35 bits per heavy atom. The normalized spacial score (nSPS) is 30.4. The smallest absolute Gasteiger partial charge is 0.0144 e. The molecule has 1 saturated heterocycles. The lowest BCUT2D eigenvalue weighted by Crippen LogP contribution is -2.62. The minimum absolute atomic E-state index is 0.272. The van der Waals surface area contributed by atoms with Crippen LogP contribution in [0, 0.1) is 0 Å². The number of rotatable bonds is 2. The van der Waals surface area contributed by atoms with Crippen molar-refractivity contribution in [2.24, 2.45) is 0 Å². The number of nitrogens with one attached hydrogen (secondary N) is 2. The summed E-state index contributed by atoms with van der Waals surface area (Å²) in [5.74, 6) is 0. The summed E-state index contributed by atoms with van der Waals surface area (Å²) in [6, 6.07) is 1.49. The number of piperidine rings is 1. The fourth-order valence-corrected chi connectivity index (χ4v) is 4.04. The van der Waals surface area contributed by atoms with Crippen LogP contribution in [0.2, 0.25) is 0 Å². The molecular weight excluding hydrogens is 208 g/mol. The first-order valence-corrected chi connectivity index (χ1v) is 7.42. The standard InChI is InChI=1S/C15H30N2/c1-14(2)10-13(11-15(3,4)17-14)16-12-8-6-5-7-9-12/h12-13,16-17H,5-11H2,1-4H3. The van der Waals surface area contributed by atoms with Crippen LogP contribution in [-0.2, 0) is 0 Å². The summed E-state index contributed by atoms with van der Waals surface area (Å²) in [4.78, 5) is 0. The lowest BCUT2D eigenvalue weighted by molar-refractivity contribution is 0.135. The second-order valence-corrected chi connectivity index (χ2v) is 7.50. The molecule has 1 saturated carbocycles. The molecule has 0 atom stereocenters. The SMILES string of the molecule is CC1(C)CC(NC2CCCCC2)CC(C)(C)N1.